The highest BCUT2D eigenvalue weighted by Crippen LogP contribution is 2.38. The Balaban J connectivity index is 0.818. The van der Waals surface area contributed by atoms with E-state index in [1.807, 2.05) is 36.5 Å². The molecule has 0 saturated carbocycles. The van der Waals surface area contributed by atoms with Gasteiger partial charge in [0.1, 0.15) is 29.7 Å². The lowest BCUT2D eigenvalue weighted by molar-refractivity contribution is -0.130. The predicted molar refractivity (Wildman–Crippen MR) is 207 cm³/mol. The lowest BCUT2D eigenvalue weighted by Gasteiger charge is -2.43. The maximum Gasteiger partial charge on any atom is 0.329 e. The molecule has 3 saturated heterocycles. The van der Waals surface area contributed by atoms with E-state index in [9.17, 15) is 19.8 Å². The average molecular weight is 733 g/mol. The number of fused-ring (bicyclic) bond motifs is 3. The summed E-state index contributed by atoms with van der Waals surface area (Å²) in [5.74, 6) is 2.12. The predicted octanol–water partition coefficient (Wildman–Crippen LogP) is 4.24. The number of nitrogens with one attached hydrogen (secondary N) is 1. The van der Waals surface area contributed by atoms with E-state index >= 15 is 0 Å². The Morgan fingerprint density at radius 2 is 1.63 bits per heavy atom. The Hall–Kier alpha value is -5.50. The molecule has 3 aliphatic rings. The van der Waals surface area contributed by atoms with E-state index in [0.717, 1.165) is 99.2 Å². The topological polar surface area (TPSA) is 181 Å². The number of anilines is 3. The number of aliphatic hydroxyl groups is 1. The van der Waals surface area contributed by atoms with Crippen molar-refractivity contribution in [2.75, 3.05) is 28.6 Å². The Bertz CT molecular complexity index is 2200. The van der Waals surface area contributed by atoms with Gasteiger partial charge in [0.05, 0.1) is 22.4 Å². The number of aryl methyl sites for hydroxylation is 3. The molecule has 3 aliphatic heterocycles. The summed E-state index contributed by atoms with van der Waals surface area (Å²) < 4.78 is 3.18. The number of carbonyl (C=O) groups excluding carboxylic acids is 1. The van der Waals surface area contributed by atoms with Crippen LogP contribution in [0.2, 0.25) is 0 Å². The molecule has 14 nitrogen and oxygen atoms in total. The summed E-state index contributed by atoms with van der Waals surface area (Å²) in [5.41, 5.74) is 11.0. The van der Waals surface area contributed by atoms with Gasteiger partial charge in [-0.3, -0.25) is 13.9 Å². The fourth-order valence-electron chi connectivity index (χ4n) is 8.63. The van der Waals surface area contributed by atoms with Gasteiger partial charge in [0, 0.05) is 50.4 Å². The number of imidazole rings is 1. The Morgan fingerprint density at radius 3 is 2.41 bits per heavy atom. The van der Waals surface area contributed by atoms with Gasteiger partial charge in [0.15, 0.2) is 5.82 Å². The van der Waals surface area contributed by atoms with E-state index in [4.69, 9.17) is 10.7 Å². The average Bonchev–Trinajstić information content (AvgIpc) is 3.58. The fraction of sp³-hybridized carbons (Fsp3) is 0.450. The number of hydrogen-bond acceptors (Lipinski definition) is 11. The van der Waals surface area contributed by atoms with Crippen LogP contribution in [0.5, 0.6) is 5.75 Å². The number of nitrogens with two attached hydrogens (primary N) is 1. The number of aromatic hydroxyl groups is 1. The lowest BCUT2D eigenvalue weighted by atomic mass is 10.0. The number of aliphatic hydroxyl groups excluding tert-OH is 1. The molecule has 2 bridgehead atoms. The number of phenolic OH excluding ortho intramolecular Hbond substituents is 1. The largest absolute Gasteiger partial charge is 0.507 e. The zero-order valence-electron chi connectivity index (χ0n) is 30.6. The number of piperidine rings is 1. The summed E-state index contributed by atoms with van der Waals surface area (Å²) in [6.45, 7) is 1.60. The third-order valence-electron chi connectivity index (χ3n) is 11.4. The van der Waals surface area contributed by atoms with E-state index in [1.165, 1.54) is 5.56 Å². The van der Waals surface area contributed by atoms with Crippen molar-refractivity contribution in [3.8, 4) is 17.0 Å². The second-order valence-corrected chi connectivity index (χ2v) is 15.0. The molecule has 282 valence electrons. The number of nitrogens with zero attached hydrogens (tertiary/aromatic N) is 8. The number of rotatable bonds is 12. The van der Waals surface area contributed by atoms with Crippen LogP contribution in [0.1, 0.15) is 75.2 Å². The van der Waals surface area contributed by atoms with Crippen LogP contribution in [0.25, 0.3) is 22.3 Å². The molecule has 4 unspecified atom stereocenters. The van der Waals surface area contributed by atoms with Crippen molar-refractivity contribution in [2.45, 2.75) is 95.0 Å². The van der Waals surface area contributed by atoms with Gasteiger partial charge in [0.2, 0.25) is 5.91 Å². The lowest BCUT2D eigenvalue weighted by Crippen LogP contribution is -2.54. The Labute approximate surface area is 313 Å². The number of aromatic nitrogens is 6. The third-order valence-corrected chi connectivity index (χ3v) is 11.4. The molecule has 3 fully saturated rings. The minimum absolute atomic E-state index is 0.164. The van der Waals surface area contributed by atoms with Gasteiger partial charge >= 0.3 is 5.69 Å². The molecule has 0 radical (unpaired) electrons. The summed E-state index contributed by atoms with van der Waals surface area (Å²) >= 11 is 0. The second kappa shape index (κ2) is 15.1. The molecule has 5 N–H and O–H groups in total. The maximum atomic E-state index is 13.1. The van der Waals surface area contributed by atoms with Crippen molar-refractivity contribution in [3.05, 3.63) is 82.7 Å². The molecular formula is C40H48N10O4. The minimum atomic E-state index is -0.855. The standard InChI is InChI=1S/C40H48N10O4/c1-47-32-21-25(13-16-30(32)50(40(47)54)31-17-18-37(52)44-39(31)53)9-5-3-2-4-6-12-35-42-20-19-36(43-35)49-26-14-15-27(49)24-48(23-26)33-22-29(45-46-38(33)41)28-10-7-8-11-34(28)51/h7-8,10-11,13,16,19-22,26-27,31,37,51-52H,2-6,9,12,14-15,17-18,23-24H2,1H3,(H2,41,46)(H,44,53). The van der Waals surface area contributed by atoms with Crippen molar-refractivity contribution in [1.82, 2.24) is 34.6 Å². The Kier molecular flexibility index (Phi) is 9.93. The van der Waals surface area contributed by atoms with E-state index in [1.54, 1.807) is 28.3 Å². The molecule has 8 rings (SSSR count). The first-order chi connectivity index (χ1) is 26.2. The van der Waals surface area contributed by atoms with Crippen molar-refractivity contribution in [2.24, 2.45) is 7.05 Å². The number of piperazine rings is 1. The van der Waals surface area contributed by atoms with Gasteiger partial charge in [0.25, 0.3) is 0 Å². The number of unbranched alkanes of at least 4 members (excludes halogenated alkanes) is 4. The highest BCUT2D eigenvalue weighted by atomic mass is 16.3. The van der Waals surface area contributed by atoms with Crippen LogP contribution in [0.15, 0.2) is 65.6 Å². The van der Waals surface area contributed by atoms with Crippen LogP contribution in [-0.4, -0.2) is 76.8 Å². The minimum Gasteiger partial charge on any atom is -0.507 e. The number of carbonyl (C=O) groups is 1. The van der Waals surface area contributed by atoms with Gasteiger partial charge < -0.3 is 31.1 Å². The van der Waals surface area contributed by atoms with E-state index < -0.39 is 12.3 Å². The van der Waals surface area contributed by atoms with Gasteiger partial charge in [-0.2, -0.15) is 0 Å². The molecular weight excluding hydrogens is 685 g/mol. The molecule has 1 amide bonds. The SMILES string of the molecule is Cn1c(=O)n(C2CCC(O)NC2=O)c2ccc(CCCCCCCc3nccc(N4C5CCC4CN(c4cc(-c6ccccc6O)nnc4N)C5)n3)cc21. The van der Waals surface area contributed by atoms with Crippen molar-refractivity contribution < 1.29 is 15.0 Å². The molecule has 54 heavy (non-hydrogen) atoms. The zero-order valence-corrected chi connectivity index (χ0v) is 30.6. The highest BCUT2D eigenvalue weighted by molar-refractivity contribution is 5.85. The first-order valence-electron chi connectivity index (χ1n) is 19.2. The van der Waals surface area contributed by atoms with Crippen LogP contribution in [0.3, 0.4) is 0 Å². The molecule has 3 aromatic heterocycles. The summed E-state index contributed by atoms with van der Waals surface area (Å²) in [4.78, 5) is 40.1. The van der Waals surface area contributed by atoms with E-state index in [2.05, 4.69) is 42.4 Å². The molecule has 0 aliphatic carbocycles. The fourth-order valence-corrected chi connectivity index (χ4v) is 8.63. The maximum absolute atomic E-state index is 13.1. The first kappa shape index (κ1) is 35.5. The van der Waals surface area contributed by atoms with Gasteiger partial charge in [-0.15, -0.1) is 10.2 Å². The molecule has 14 heteroatoms. The quantitative estimate of drug-likeness (QED) is 0.135. The smallest absolute Gasteiger partial charge is 0.329 e. The number of para-hydroxylation sites is 1. The van der Waals surface area contributed by atoms with Gasteiger partial charge in [-0.05, 0) is 86.9 Å². The molecule has 6 heterocycles. The zero-order chi connectivity index (χ0) is 37.3. The van der Waals surface area contributed by atoms with E-state index in [-0.39, 0.29) is 17.3 Å². The van der Waals surface area contributed by atoms with Crippen LogP contribution in [0.4, 0.5) is 17.3 Å². The Morgan fingerprint density at radius 1 is 0.870 bits per heavy atom. The van der Waals surface area contributed by atoms with E-state index in [0.29, 0.717) is 42.0 Å². The summed E-state index contributed by atoms with van der Waals surface area (Å²) in [7, 11) is 1.75. The summed E-state index contributed by atoms with van der Waals surface area (Å²) in [6, 6.07) is 17.2. The molecule has 2 aromatic carbocycles. The monoisotopic (exact) mass is 732 g/mol. The first-order valence-corrected chi connectivity index (χ1v) is 19.2. The number of benzene rings is 2. The number of phenols is 1. The van der Waals surface area contributed by atoms with Crippen molar-refractivity contribution >= 4 is 34.3 Å². The van der Waals surface area contributed by atoms with Crippen molar-refractivity contribution in [1.29, 1.82) is 0 Å². The third kappa shape index (κ3) is 6.97. The number of nitrogen functional groups attached to an aromatic ring is 1. The summed E-state index contributed by atoms with van der Waals surface area (Å²) in [5, 5.41) is 31.2. The number of amides is 1. The van der Waals surface area contributed by atoms with Crippen molar-refractivity contribution in [3.63, 3.8) is 0 Å². The van der Waals surface area contributed by atoms with Gasteiger partial charge in [-0.25, -0.2) is 14.8 Å². The molecule has 5 aromatic rings. The van der Waals surface area contributed by atoms with Crippen LogP contribution in [0, 0.1) is 0 Å². The molecule has 4 atom stereocenters. The highest BCUT2D eigenvalue weighted by Gasteiger charge is 2.41. The van der Waals surface area contributed by atoms with Crippen LogP contribution >= 0.6 is 0 Å². The molecule has 0 spiro atoms. The van der Waals surface area contributed by atoms with Crippen LogP contribution in [-0.2, 0) is 24.7 Å². The number of hydrogen-bond donors (Lipinski definition) is 4. The summed E-state index contributed by atoms with van der Waals surface area (Å²) in [6.07, 6.45) is 11.2. The van der Waals surface area contributed by atoms with Crippen LogP contribution < -0.4 is 26.5 Å². The van der Waals surface area contributed by atoms with Gasteiger partial charge in [-0.1, -0.05) is 37.5 Å². The normalized spacial score (nSPS) is 21.2. The second-order valence-electron chi connectivity index (χ2n) is 15.0.